The molecule has 7 heteroatoms. The second-order valence-corrected chi connectivity index (χ2v) is 6.39. The van der Waals surface area contributed by atoms with Gasteiger partial charge in [0.15, 0.2) is 5.65 Å². The van der Waals surface area contributed by atoms with Gasteiger partial charge in [-0.1, -0.05) is 25.4 Å². The number of hydrogen-bond acceptors (Lipinski definition) is 3. The van der Waals surface area contributed by atoms with Crippen LogP contribution in [0, 0.1) is 12.8 Å². The highest BCUT2D eigenvalue weighted by Crippen LogP contribution is 2.37. The molecule has 1 aliphatic rings. The number of amides is 1. The lowest BCUT2D eigenvalue weighted by Gasteiger charge is -2.12. The maximum atomic E-state index is 11.4. The fraction of sp³-hybridized carbons (Fsp3) is 0.471. The molecule has 6 nitrogen and oxygen atoms in total. The SMILES string of the molecule is CC.Cc1cc2c(Cl)nc3c(ncn3C3CCC(C(N)=O)C3)c2[nH]1. The molecular weight excluding hydrogens is 326 g/mol. The predicted octanol–water partition coefficient (Wildman–Crippen LogP) is 3.73. The Balaban J connectivity index is 0.000000815. The number of nitrogens with two attached hydrogens (primary N) is 1. The first-order chi connectivity index (χ1) is 11.5. The van der Waals surface area contributed by atoms with Gasteiger partial charge in [0.1, 0.15) is 10.7 Å². The van der Waals surface area contributed by atoms with Crippen molar-refractivity contribution in [1.29, 1.82) is 0 Å². The van der Waals surface area contributed by atoms with Gasteiger partial charge in [0, 0.05) is 23.0 Å². The van der Waals surface area contributed by atoms with E-state index in [0.29, 0.717) is 5.15 Å². The van der Waals surface area contributed by atoms with Crippen LogP contribution in [0.25, 0.3) is 22.1 Å². The van der Waals surface area contributed by atoms with E-state index in [1.54, 1.807) is 6.33 Å². The molecule has 3 aromatic heterocycles. The number of carbonyl (C=O) groups excluding carboxylic acids is 1. The summed E-state index contributed by atoms with van der Waals surface area (Å²) in [6.07, 6.45) is 4.25. The lowest BCUT2D eigenvalue weighted by molar-refractivity contribution is -0.121. The van der Waals surface area contributed by atoms with Crippen molar-refractivity contribution < 1.29 is 4.79 Å². The van der Waals surface area contributed by atoms with Crippen molar-refractivity contribution in [1.82, 2.24) is 19.5 Å². The topological polar surface area (TPSA) is 89.6 Å². The normalized spacial score (nSPS) is 20.3. The highest BCUT2D eigenvalue weighted by molar-refractivity contribution is 6.35. The van der Waals surface area contributed by atoms with E-state index in [1.807, 2.05) is 31.4 Å². The summed E-state index contributed by atoms with van der Waals surface area (Å²) in [4.78, 5) is 23.7. The van der Waals surface area contributed by atoms with Gasteiger partial charge in [-0.15, -0.1) is 0 Å². The number of imidazole rings is 1. The average molecular weight is 348 g/mol. The summed E-state index contributed by atoms with van der Waals surface area (Å²) < 4.78 is 2.03. The highest BCUT2D eigenvalue weighted by Gasteiger charge is 2.30. The molecular formula is C17H22ClN5O. The Morgan fingerprint density at radius 1 is 1.42 bits per heavy atom. The third-order valence-corrected chi connectivity index (χ3v) is 4.87. The zero-order chi connectivity index (χ0) is 17.4. The molecule has 0 radical (unpaired) electrons. The van der Waals surface area contributed by atoms with Crippen LogP contribution in [0.15, 0.2) is 12.4 Å². The molecule has 3 heterocycles. The van der Waals surface area contributed by atoms with Crippen LogP contribution in [0.2, 0.25) is 5.15 Å². The number of primary amides is 1. The molecule has 1 saturated carbocycles. The fourth-order valence-electron chi connectivity index (χ4n) is 3.47. The van der Waals surface area contributed by atoms with Crippen molar-refractivity contribution in [3.05, 3.63) is 23.2 Å². The molecule has 128 valence electrons. The number of halogens is 1. The summed E-state index contributed by atoms with van der Waals surface area (Å²) in [5, 5.41) is 1.36. The highest BCUT2D eigenvalue weighted by atomic mass is 35.5. The second-order valence-electron chi connectivity index (χ2n) is 6.03. The van der Waals surface area contributed by atoms with E-state index in [2.05, 4.69) is 15.0 Å². The number of fused-ring (bicyclic) bond motifs is 3. The number of aromatic nitrogens is 4. The first-order valence-electron chi connectivity index (χ1n) is 8.35. The standard InChI is InChI=1S/C15H16ClN5O.C2H6/c1-7-4-10-11(19-7)12-15(20-13(10)16)21(6-18-12)9-3-2-8(5-9)14(17)22;1-2/h4,6,8-9,19H,2-3,5H2,1H3,(H2,17,22);1-2H3. The summed E-state index contributed by atoms with van der Waals surface area (Å²) in [6.45, 7) is 5.98. The van der Waals surface area contributed by atoms with E-state index in [-0.39, 0.29) is 17.9 Å². The minimum Gasteiger partial charge on any atom is -0.369 e. The van der Waals surface area contributed by atoms with Gasteiger partial charge < -0.3 is 15.3 Å². The minimum atomic E-state index is -0.222. The molecule has 0 aliphatic heterocycles. The Labute approximate surface area is 145 Å². The van der Waals surface area contributed by atoms with Crippen LogP contribution < -0.4 is 5.73 Å². The number of aromatic amines is 1. The second kappa shape index (κ2) is 6.43. The van der Waals surface area contributed by atoms with Crippen LogP contribution >= 0.6 is 11.6 Å². The molecule has 0 spiro atoms. The van der Waals surface area contributed by atoms with Crippen molar-refractivity contribution in [2.75, 3.05) is 0 Å². The third-order valence-electron chi connectivity index (χ3n) is 4.58. The third kappa shape index (κ3) is 2.65. The molecule has 0 saturated heterocycles. The monoisotopic (exact) mass is 347 g/mol. The van der Waals surface area contributed by atoms with E-state index in [4.69, 9.17) is 17.3 Å². The zero-order valence-electron chi connectivity index (χ0n) is 14.1. The largest absolute Gasteiger partial charge is 0.369 e. The van der Waals surface area contributed by atoms with Crippen LogP contribution in [0.3, 0.4) is 0 Å². The van der Waals surface area contributed by atoms with Crippen LogP contribution in [-0.4, -0.2) is 25.4 Å². The number of carbonyl (C=O) groups is 1. The molecule has 3 aromatic rings. The van der Waals surface area contributed by atoms with E-state index in [0.717, 1.165) is 47.0 Å². The predicted molar refractivity (Wildman–Crippen MR) is 96.1 cm³/mol. The van der Waals surface area contributed by atoms with Crippen LogP contribution in [0.5, 0.6) is 0 Å². The van der Waals surface area contributed by atoms with Gasteiger partial charge in [-0.3, -0.25) is 4.79 Å². The number of pyridine rings is 1. The fourth-order valence-corrected chi connectivity index (χ4v) is 3.70. The van der Waals surface area contributed by atoms with Gasteiger partial charge in [-0.05, 0) is 32.3 Å². The quantitative estimate of drug-likeness (QED) is 0.692. The maximum Gasteiger partial charge on any atom is 0.220 e. The van der Waals surface area contributed by atoms with Crippen LogP contribution in [0.1, 0.15) is 44.8 Å². The summed E-state index contributed by atoms with van der Waals surface area (Å²) >= 11 is 6.32. The van der Waals surface area contributed by atoms with Crippen molar-refractivity contribution in [2.45, 2.75) is 46.1 Å². The minimum absolute atomic E-state index is 0.0608. The average Bonchev–Trinajstić information content (AvgIpc) is 3.25. The molecule has 0 bridgehead atoms. The summed E-state index contributed by atoms with van der Waals surface area (Å²) in [5.74, 6) is -0.283. The van der Waals surface area contributed by atoms with E-state index in [1.165, 1.54) is 0 Å². The number of rotatable bonds is 2. The first-order valence-corrected chi connectivity index (χ1v) is 8.73. The number of aryl methyl sites for hydroxylation is 1. The summed E-state index contributed by atoms with van der Waals surface area (Å²) in [5.41, 5.74) is 8.93. The number of H-pyrrole nitrogens is 1. The van der Waals surface area contributed by atoms with Crippen LogP contribution in [0.4, 0.5) is 0 Å². The first kappa shape index (κ1) is 16.8. The summed E-state index contributed by atoms with van der Waals surface area (Å²) in [7, 11) is 0. The maximum absolute atomic E-state index is 11.4. The Kier molecular flexibility index (Phi) is 4.49. The summed E-state index contributed by atoms with van der Waals surface area (Å²) in [6, 6.07) is 2.17. The van der Waals surface area contributed by atoms with Gasteiger partial charge in [0.05, 0.1) is 11.8 Å². The van der Waals surface area contributed by atoms with Gasteiger partial charge in [-0.2, -0.15) is 0 Å². The van der Waals surface area contributed by atoms with Gasteiger partial charge in [0.25, 0.3) is 0 Å². The number of nitrogens with one attached hydrogen (secondary N) is 1. The molecule has 2 unspecified atom stereocenters. The number of hydrogen-bond donors (Lipinski definition) is 2. The Bertz CT molecular complexity index is 897. The van der Waals surface area contributed by atoms with Gasteiger partial charge >= 0.3 is 0 Å². The Morgan fingerprint density at radius 3 is 2.83 bits per heavy atom. The van der Waals surface area contributed by atoms with Crippen LogP contribution in [-0.2, 0) is 4.79 Å². The Morgan fingerprint density at radius 2 is 2.17 bits per heavy atom. The Hall–Kier alpha value is -2.08. The smallest absolute Gasteiger partial charge is 0.220 e. The van der Waals surface area contributed by atoms with Crippen molar-refractivity contribution in [2.24, 2.45) is 11.7 Å². The van der Waals surface area contributed by atoms with Crippen molar-refractivity contribution in [3.63, 3.8) is 0 Å². The molecule has 1 aliphatic carbocycles. The van der Waals surface area contributed by atoms with Crippen molar-refractivity contribution >= 4 is 39.6 Å². The zero-order valence-corrected chi connectivity index (χ0v) is 14.9. The lowest BCUT2D eigenvalue weighted by Crippen LogP contribution is -2.21. The van der Waals surface area contributed by atoms with Crippen molar-refractivity contribution in [3.8, 4) is 0 Å². The molecule has 3 N–H and O–H groups in total. The van der Waals surface area contributed by atoms with E-state index >= 15 is 0 Å². The van der Waals surface area contributed by atoms with E-state index in [9.17, 15) is 4.79 Å². The van der Waals surface area contributed by atoms with E-state index < -0.39 is 0 Å². The molecule has 0 aromatic carbocycles. The molecule has 4 rings (SSSR count). The van der Waals surface area contributed by atoms with Gasteiger partial charge in [-0.25, -0.2) is 9.97 Å². The molecule has 1 amide bonds. The molecule has 1 fully saturated rings. The van der Waals surface area contributed by atoms with Gasteiger partial charge in [0.2, 0.25) is 5.91 Å². The number of nitrogens with zero attached hydrogens (tertiary/aromatic N) is 3. The molecule has 2 atom stereocenters. The lowest BCUT2D eigenvalue weighted by atomic mass is 10.1. The molecule has 24 heavy (non-hydrogen) atoms.